The summed E-state index contributed by atoms with van der Waals surface area (Å²) in [6.45, 7) is 12.6. The molecule has 0 saturated heterocycles. The second-order valence-corrected chi connectivity index (χ2v) is 14.2. The van der Waals surface area contributed by atoms with Gasteiger partial charge in [0.2, 0.25) is 5.91 Å². The van der Waals surface area contributed by atoms with E-state index in [0.717, 1.165) is 45.6 Å². The van der Waals surface area contributed by atoms with Gasteiger partial charge in [-0.2, -0.15) is 0 Å². The summed E-state index contributed by atoms with van der Waals surface area (Å²) in [4.78, 5) is 34.8. The number of urea groups is 2. The zero-order valence-corrected chi connectivity index (χ0v) is 30.5. The van der Waals surface area contributed by atoms with Gasteiger partial charge in [-0.25, -0.2) is 19.6 Å². The molecule has 48 heavy (non-hydrogen) atoms. The molecular formula is C37H55N7O4. The van der Waals surface area contributed by atoms with Crippen LogP contribution in [0.25, 0.3) is 0 Å². The predicted molar refractivity (Wildman–Crippen MR) is 195 cm³/mol. The highest BCUT2D eigenvalue weighted by Crippen LogP contribution is 2.40. The molecule has 0 spiro atoms. The summed E-state index contributed by atoms with van der Waals surface area (Å²) in [6, 6.07) is 18.9. The van der Waals surface area contributed by atoms with Crippen molar-refractivity contribution in [3.8, 4) is 5.75 Å². The molecule has 0 heterocycles. The van der Waals surface area contributed by atoms with Crippen LogP contribution >= 0.6 is 0 Å². The number of nitrogens with one attached hydrogen (secondary N) is 5. The van der Waals surface area contributed by atoms with Gasteiger partial charge in [-0.3, -0.25) is 15.6 Å². The number of hydrogen-bond acceptors (Lipinski definition) is 6. The first-order valence-corrected chi connectivity index (χ1v) is 16.0. The molecule has 5 amide bonds. The smallest absolute Gasteiger partial charge is 0.333 e. The average molecular weight is 662 g/mol. The number of benzene rings is 3. The maximum atomic E-state index is 11.7. The molecule has 0 radical (unpaired) electrons. The number of amides is 5. The lowest BCUT2D eigenvalue weighted by Crippen LogP contribution is -2.39. The first-order chi connectivity index (χ1) is 22.3. The number of aromatic hydroxyl groups is 1. The van der Waals surface area contributed by atoms with Gasteiger partial charge in [-0.1, -0.05) is 77.9 Å². The number of carbonyl (C=O) groups excluding carboxylic acids is 3. The van der Waals surface area contributed by atoms with Crippen LogP contribution in [0.4, 0.5) is 21.0 Å². The molecule has 3 rings (SSSR count). The standard InChI is InChI=1S/C19H26N6O2.C18H29NO2/c1-24(2)22-18(26)20-16-9-5-14(6-10-16)13-15-7-11-17(12-8-15)21-19(27)23-25(3)4;1-17(2,3)13-10-12(8-9-15(20)19-7)11-14(16(13)21)18(4,5)6/h5-12H,13H2,1-4H3,(H2,20,22,26)(H2,21,23,27);10-11,21H,8-9H2,1-7H3,(H,19,20). The van der Waals surface area contributed by atoms with Crippen LogP contribution in [-0.2, 0) is 28.5 Å². The van der Waals surface area contributed by atoms with Crippen LogP contribution < -0.4 is 26.8 Å². The first kappa shape index (κ1) is 39.6. The Balaban J connectivity index is 0.000000345. The lowest BCUT2D eigenvalue weighted by Gasteiger charge is -2.28. The van der Waals surface area contributed by atoms with Crippen LogP contribution in [-0.4, -0.2) is 68.3 Å². The van der Waals surface area contributed by atoms with E-state index in [0.29, 0.717) is 18.6 Å². The van der Waals surface area contributed by atoms with Crippen molar-refractivity contribution < 1.29 is 19.5 Å². The van der Waals surface area contributed by atoms with E-state index in [4.69, 9.17) is 0 Å². The minimum absolute atomic E-state index is 0.0395. The molecule has 0 aliphatic rings. The third kappa shape index (κ3) is 13.6. The zero-order chi connectivity index (χ0) is 36.2. The summed E-state index contributed by atoms with van der Waals surface area (Å²) in [6.07, 6.45) is 1.91. The van der Waals surface area contributed by atoms with Crippen LogP contribution in [0.1, 0.15) is 75.8 Å². The molecule has 3 aromatic carbocycles. The van der Waals surface area contributed by atoms with E-state index >= 15 is 0 Å². The molecular weight excluding hydrogens is 606 g/mol. The van der Waals surface area contributed by atoms with Crippen LogP contribution in [0.3, 0.4) is 0 Å². The predicted octanol–water partition coefficient (Wildman–Crippen LogP) is 6.14. The topological polar surface area (TPSA) is 138 Å². The Kier molecular flexibility index (Phi) is 14.4. The van der Waals surface area contributed by atoms with E-state index in [1.807, 2.05) is 60.7 Å². The summed E-state index contributed by atoms with van der Waals surface area (Å²) >= 11 is 0. The minimum atomic E-state index is -0.283. The number of nitrogens with zero attached hydrogens (tertiary/aromatic N) is 2. The fraction of sp³-hybridized carbons (Fsp3) is 0.432. The fourth-order valence-electron chi connectivity index (χ4n) is 4.74. The third-order valence-electron chi connectivity index (χ3n) is 7.19. The normalized spacial score (nSPS) is 11.4. The molecule has 0 aliphatic heterocycles. The number of anilines is 2. The van der Waals surface area contributed by atoms with Crippen LogP contribution in [0, 0.1) is 0 Å². The Morgan fingerprint density at radius 1 is 0.646 bits per heavy atom. The molecule has 262 valence electrons. The van der Waals surface area contributed by atoms with Gasteiger partial charge in [0, 0.05) is 53.0 Å². The van der Waals surface area contributed by atoms with Crippen molar-refractivity contribution in [2.75, 3.05) is 45.9 Å². The maximum absolute atomic E-state index is 11.7. The molecule has 0 unspecified atom stereocenters. The monoisotopic (exact) mass is 661 g/mol. The van der Waals surface area contributed by atoms with Crippen molar-refractivity contribution in [3.05, 3.63) is 88.5 Å². The number of rotatable bonds is 9. The fourth-order valence-corrected chi connectivity index (χ4v) is 4.74. The molecule has 0 fully saturated rings. The summed E-state index contributed by atoms with van der Waals surface area (Å²) in [5.74, 6) is 0.427. The van der Waals surface area contributed by atoms with Gasteiger partial charge in [0.25, 0.3) is 0 Å². The number of phenols is 1. The molecule has 11 nitrogen and oxygen atoms in total. The summed E-state index contributed by atoms with van der Waals surface area (Å²) in [5.41, 5.74) is 11.7. The van der Waals surface area contributed by atoms with Crippen molar-refractivity contribution in [2.24, 2.45) is 0 Å². The number of phenolic OH excluding ortho intramolecular Hbond substituents is 1. The van der Waals surface area contributed by atoms with E-state index in [1.165, 1.54) is 0 Å². The zero-order valence-electron chi connectivity index (χ0n) is 30.5. The van der Waals surface area contributed by atoms with Crippen molar-refractivity contribution >= 4 is 29.3 Å². The van der Waals surface area contributed by atoms with E-state index in [9.17, 15) is 19.5 Å². The first-order valence-electron chi connectivity index (χ1n) is 16.0. The number of aryl methyl sites for hydroxylation is 1. The second-order valence-electron chi connectivity index (χ2n) is 14.2. The van der Waals surface area contributed by atoms with Crippen LogP contribution in [0.15, 0.2) is 60.7 Å². The minimum Gasteiger partial charge on any atom is -0.507 e. The highest BCUT2D eigenvalue weighted by atomic mass is 16.3. The highest BCUT2D eigenvalue weighted by molar-refractivity contribution is 5.89. The highest BCUT2D eigenvalue weighted by Gasteiger charge is 2.26. The van der Waals surface area contributed by atoms with Crippen molar-refractivity contribution in [2.45, 2.75) is 71.6 Å². The molecule has 6 N–H and O–H groups in total. The summed E-state index contributed by atoms with van der Waals surface area (Å²) in [7, 11) is 8.65. The molecule has 0 atom stereocenters. The lowest BCUT2D eigenvalue weighted by atomic mass is 9.78. The Morgan fingerprint density at radius 3 is 1.33 bits per heavy atom. The lowest BCUT2D eigenvalue weighted by molar-refractivity contribution is -0.120. The van der Waals surface area contributed by atoms with Gasteiger partial charge in [-0.05, 0) is 75.8 Å². The van der Waals surface area contributed by atoms with Crippen LogP contribution in [0.5, 0.6) is 5.75 Å². The van der Waals surface area contributed by atoms with Crippen molar-refractivity contribution in [1.29, 1.82) is 0 Å². The number of hydrazine groups is 2. The SMILES string of the molecule is CN(C)NC(=O)Nc1ccc(Cc2ccc(NC(=O)NN(C)C)cc2)cc1.CNC(=O)CCc1cc(C(C)(C)C)c(O)c(C(C)(C)C)c1. The molecule has 0 aromatic heterocycles. The molecule has 11 heteroatoms. The van der Waals surface area contributed by atoms with Gasteiger partial charge >= 0.3 is 12.1 Å². The third-order valence-corrected chi connectivity index (χ3v) is 7.19. The summed E-state index contributed by atoms with van der Waals surface area (Å²) in [5, 5.41) is 22.0. The largest absolute Gasteiger partial charge is 0.507 e. The van der Waals surface area contributed by atoms with Crippen LogP contribution in [0.2, 0.25) is 0 Å². The Bertz CT molecular complexity index is 1400. The van der Waals surface area contributed by atoms with Gasteiger partial charge < -0.3 is 21.1 Å². The quantitative estimate of drug-likeness (QED) is 0.153. The Labute approximate surface area is 286 Å². The summed E-state index contributed by atoms with van der Waals surface area (Å²) < 4.78 is 0. The maximum Gasteiger partial charge on any atom is 0.333 e. The van der Waals surface area contributed by atoms with E-state index in [1.54, 1.807) is 45.3 Å². The molecule has 0 saturated carbocycles. The molecule has 0 aliphatic carbocycles. The van der Waals surface area contributed by atoms with E-state index in [2.05, 4.69) is 68.3 Å². The number of hydrogen-bond donors (Lipinski definition) is 6. The van der Waals surface area contributed by atoms with E-state index < -0.39 is 0 Å². The van der Waals surface area contributed by atoms with Gasteiger partial charge in [0.1, 0.15) is 5.75 Å². The molecule has 3 aromatic rings. The number of carbonyl (C=O) groups is 3. The van der Waals surface area contributed by atoms with E-state index in [-0.39, 0.29) is 28.8 Å². The Morgan fingerprint density at radius 2 is 1.02 bits per heavy atom. The second kappa shape index (κ2) is 17.5. The molecule has 0 bridgehead atoms. The van der Waals surface area contributed by atoms with Crippen molar-refractivity contribution in [3.63, 3.8) is 0 Å². The Hall–Kier alpha value is -4.61. The van der Waals surface area contributed by atoms with Gasteiger partial charge in [0.05, 0.1) is 0 Å². The van der Waals surface area contributed by atoms with Gasteiger partial charge in [0.15, 0.2) is 0 Å². The van der Waals surface area contributed by atoms with Crippen molar-refractivity contribution in [1.82, 2.24) is 26.2 Å². The average Bonchev–Trinajstić information content (AvgIpc) is 2.96. The van der Waals surface area contributed by atoms with Gasteiger partial charge in [-0.15, -0.1) is 0 Å².